The zero-order chi connectivity index (χ0) is 20.0. The Labute approximate surface area is 156 Å². The molecule has 0 heterocycles. The van der Waals surface area contributed by atoms with Crippen LogP contribution in [0.4, 0.5) is 0 Å². The number of rotatable bonds is 15. The highest BCUT2D eigenvalue weighted by Crippen LogP contribution is 2.18. The number of ether oxygens (including phenoxy) is 2. The quantitative estimate of drug-likeness (QED) is 0.374. The summed E-state index contributed by atoms with van der Waals surface area (Å²) in [5.41, 5.74) is -0.923. The van der Waals surface area contributed by atoms with Crippen LogP contribution < -0.4 is 0 Å². The van der Waals surface area contributed by atoms with Crippen LogP contribution in [0, 0.1) is 5.41 Å². The molecule has 3 N–H and O–H groups in total. The lowest BCUT2D eigenvalue weighted by atomic mass is 9.94. The summed E-state index contributed by atoms with van der Waals surface area (Å²) < 4.78 is 10.2. The van der Waals surface area contributed by atoms with Gasteiger partial charge in [-0.05, 0) is 12.8 Å². The molecule has 0 saturated carbocycles. The largest absolute Gasteiger partial charge is 0.465 e. The second-order valence-corrected chi connectivity index (χ2v) is 7.29. The van der Waals surface area contributed by atoms with Crippen molar-refractivity contribution in [3.63, 3.8) is 0 Å². The number of carbonyl (C=O) groups is 2. The van der Waals surface area contributed by atoms with E-state index in [9.17, 15) is 24.9 Å². The SMILES string of the molecule is CCCCC(O)CC(=O)OCC(C)(CO)COC(=O)CC(O)CCCC. The van der Waals surface area contributed by atoms with Crippen LogP contribution in [0.1, 0.15) is 72.1 Å². The molecule has 0 aromatic carbocycles. The van der Waals surface area contributed by atoms with E-state index in [1.54, 1.807) is 6.92 Å². The van der Waals surface area contributed by atoms with Crippen molar-refractivity contribution in [1.29, 1.82) is 0 Å². The lowest BCUT2D eigenvalue weighted by Gasteiger charge is -2.26. The number of hydrogen-bond donors (Lipinski definition) is 3. The number of carbonyl (C=O) groups excluding carboxylic acids is 2. The van der Waals surface area contributed by atoms with Gasteiger partial charge >= 0.3 is 11.9 Å². The minimum absolute atomic E-state index is 0.0923. The van der Waals surface area contributed by atoms with E-state index < -0.39 is 29.6 Å². The van der Waals surface area contributed by atoms with E-state index in [4.69, 9.17) is 9.47 Å². The van der Waals surface area contributed by atoms with Gasteiger partial charge in [-0.1, -0.05) is 46.5 Å². The summed E-state index contributed by atoms with van der Waals surface area (Å²) in [6, 6.07) is 0. The number of aliphatic hydroxyl groups excluding tert-OH is 3. The Balaban J connectivity index is 4.21. The van der Waals surface area contributed by atoms with E-state index in [0.717, 1.165) is 25.7 Å². The molecule has 0 saturated heterocycles. The van der Waals surface area contributed by atoms with Crippen molar-refractivity contribution in [2.24, 2.45) is 5.41 Å². The van der Waals surface area contributed by atoms with Crippen LogP contribution in [-0.2, 0) is 19.1 Å². The molecule has 0 aliphatic rings. The van der Waals surface area contributed by atoms with Gasteiger partial charge in [0.15, 0.2) is 0 Å². The van der Waals surface area contributed by atoms with Gasteiger partial charge in [-0.2, -0.15) is 0 Å². The topological polar surface area (TPSA) is 113 Å². The molecule has 2 unspecified atom stereocenters. The van der Waals surface area contributed by atoms with E-state index in [1.165, 1.54) is 0 Å². The number of esters is 2. The fourth-order valence-electron chi connectivity index (χ4n) is 2.23. The monoisotopic (exact) mass is 376 g/mol. The lowest BCUT2D eigenvalue weighted by Crippen LogP contribution is -2.35. The molecule has 0 aliphatic carbocycles. The molecule has 26 heavy (non-hydrogen) atoms. The molecule has 0 aliphatic heterocycles. The van der Waals surface area contributed by atoms with Gasteiger partial charge in [-0.25, -0.2) is 0 Å². The summed E-state index contributed by atoms with van der Waals surface area (Å²) in [6.45, 7) is 5.07. The molecule has 0 fully saturated rings. The Hall–Kier alpha value is -1.18. The molecule has 2 atom stereocenters. The molecule has 0 bridgehead atoms. The molecule has 7 nitrogen and oxygen atoms in total. The maximum absolute atomic E-state index is 11.8. The van der Waals surface area contributed by atoms with Crippen molar-refractivity contribution in [3.8, 4) is 0 Å². The van der Waals surface area contributed by atoms with Gasteiger partial charge in [0, 0.05) is 0 Å². The molecule has 7 heteroatoms. The third-order valence-electron chi connectivity index (χ3n) is 4.13. The molecule has 0 amide bonds. The van der Waals surface area contributed by atoms with Crippen LogP contribution >= 0.6 is 0 Å². The summed E-state index contributed by atoms with van der Waals surface area (Å²) in [6.07, 6.45) is 2.99. The molecule has 0 rings (SSSR count). The fraction of sp³-hybridized carbons (Fsp3) is 0.895. The fourth-order valence-corrected chi connectivity index (χ4v) is 2.23. The van der Waals surface area contributed by atoms with Crippen molar-refractivity contribution < 1.29 is 34.4 Å². The summed E-state index contributed by atoms with van der Waals surface area (Å²) in [5, 5.41) is 29.0. The highest BCUT2D eigenvalue weighted by molar-refractivity contribution is 5.70. The first-order chi connectivity index (χ1) is 12.3. The maximum atomic E-state index is 11.8. The Bertz CT molecular complexity index is 365. The molecule has 154 valence electrons. The Kier molecular flexibility index (Phi) is 13.3. The summed E-state index contributed by atoms with van der Waals surface area (Å²) in [5.74, 6) is -1.09. The third kappa shape index (κ3) is 12.2. The van der Waals surface area contributed by atoms with Crippen LogP contribution in [0.25, 0.3) is 0 Å². The van der Waals surface area contributed by atoms with Gasteiger partial charge in [-0.3, -0.25) is 9.59 Å². The molecular weight excluding hydrogens is 340 g/mol. The average molecular weight is 376 g/mol. The van der Waals surface area contributed by atoms with E-state index in [0.29, 0.717) is 12.8 Å². The molecule has 0 spiro atoms. The van der Waals surface area contributed by atoms with Gasteiger partial charge in [0.2, 0.25) is 0 Å². The smallest absolute Gasteiger partial charge is 0.308 e. The molecular formula is C19H36O7. The minimum Gasteiger partial charge on any atom is -0.465 e. The van der Waals surface area contributed by atoms with Gasteiger partial charge < -0.3 is 24.8 Å². The first kappa shape index (κ1) is 24.8. The highest BCUT2D eigenvalue weighted by Gasteiger charge is 2.28. The van der Waals surface area contributed by atoms with Crippen molar-refractivity contribution in [3.05, 3.63) is 0 Å². The van der Waals surface area contributed by atoms with Crippen LogP contribution in [0.3, 0.4) is 0 Å². The van der Waals surface area contributed by atoms with Crippen LogP contribution in [0.5, 0.6) is 0 Å². The van der Waals surface area contributed by atoms with Crippen molar-refractivity contribution in [2.45, 2.75) is 84.3 Å². The second kappa shape index (κ2) is 13.9. The zero-order valence-corrected chi connectivity index (χ0v) is 16.4. The summed E-state index contributed by atoms with van der Waals surface area (Å²) in [7, 11) is 0. The average Bonchev–Trinajstić information content (AvgIpc) is 2.61. The van der Waals surface area contributed by atoms with Crippen LogP contribution in [0.2, 0.25) is 0 Å². The Morgan fingerprint density at radius 1 is 0.885 bits per heavy atom. The summed E-state index contributed by atoms with van der Waals surface area (Å²) in [4.78, 5) is 23.5. The highest BCUT2D eigenvalue weighted by atomic mass is 16.5. The lowest BCUT2D eigenvalue weighted by molar-refractivity contribution is -0.157. The Morgan fingerprint density at radius 2 is 1.27 bits per heavy atom. The standard InChI is InChI=1S/C19H36O7/c1-4-6-8-15(21)10-17(23)25-13-19(3,12-20)14-26-18(24)11-16(22)9-7-5-2/h15-16,20-22H,4-14H2,1-3H3. The maximum Gasteiger partial charge on any atom is 0.308 e. The van der Waals surface area contributed by atoms with E-state index in [2.05, 4.69) is 0 Å². The predicted molar refractivity (Wildman–Crippen MR) is 97.4 cm³/mol. The second-order valence-electron chi connectivity index (χ2n) is 7.29. The number of unbranched alkanes of at least 4 members (excludes halogenated alkanes) is 2. The normalized spacial score (nSPS) is 15.8. The molecule has 0 radical (unpaired) electrons. The van der Waals surface area contributed by atoms with Crippen molar-refractivity contribution >= 4 is 11.9 Å². The predicted octanol–water partition coefficient (Wildman–Crippen LogP) is 1.95. The molecule has 0 aromatic heterocycles. The van der Waals surface area contributed by atoms with Crippen LogP contribution in [-0.4, -0.2) is 59.3 Å². The Morgan fingerprint density at radius 3 is 1.58 bits per heavy atom. The van der Waals surface area contributed by atoms with Gasteiger partial charge in [0.25, 0.3) is 0 Å². The van der Waals surface area contributed by atoms with Crippen LogP contribution in [0.15, 0.2) is 0 Å². The summed E-state index contributed by atoms with van der Waals surface area (Å²) >= 11 is 0. The van der Waals surface area contributed by atoms with E-state index >= 15 is 0 Å². The first-order valence-corrected chi connectivity index (χ1v) is 9.54. The first-order valence-electron chi connectivity index (χ1n) is 9.54. The van der Waals surface area contributed by atoms with Gasteiger partial charge in [0.1, 0.15) is 13.2 Å². The van der Waals surface area contributed by atoms with E-state index in [-0.39, 0.29) is 32.7 Å². The third-order valence-corrected chi connectivity index (χ3v) is 4.13. The minimum atomic E-state index is -0.923. The molecule has 0 aromatic rings. The number of aliphatic hydroxyl groups is 3. The zero-order valence-electron chi connectivity index (χ0n) is 16.4. The van der Waals surface area contributed by atoms with Crippen molar-refractivity contribution in [2.75, 3.05) is 19.8 Å². The van der Waals surface area contributed by atoms with E-state index in [1.807, 2.05) is 13.8 Å². The van der Waals surface area contributed by atoms with Gasteiger partial charge in [-0.15, -0.1) is 0 Å². The number of hydrogen-bond acceptors (Lipinski definition) is 7. The van der Waals surface area contributed by atoms with Crippen molar-refractivity contribution in [1.82, 2.24) is 0 Å². The van der Waals surface area contributed by atoms with Gasteiger partial charge in [0.05, 0.1) is 37.1 Å².